The van der Waals surface area contributed by atoms with Gasteiger partial charge in [-0.15, -0.1) is 0 Å². The van der Waals surface area contributed by atoms with E-state index in [1.807, 2.05) is 6.92 Å². The molecule has 0 amide bonds. The molecule has 0 bridgehead atoms. The van der Waals surface area contributed by atoms with Crippen LogP contribution in [0.1, 0.15) is 31.0 Å². The van der Waals surface area contributed by atoms with Crippen LogP contribution in [0.5, 0.6) is 0 Å². The SMILES string of the molecule is CCc1ccc(C(C)Nc2ncc([N+](=O)[O-])cc2Br)cc1. The smallest absolute Gasteiger partial charge is 0.288 e. The Bertz CT molecular complexity index is 644. The molecule has 1 aromatic heterocycles. The minimum atomic E-state index is -0.464. The maximum absolute atomic E-state index is 10.7. The first-order valence-corrected chi connectivity index (χ1v) is 7.46. The third-order valence-corrected chi connectivity index (χ3v) is 3.88. The summed E-state index contributed by atoms with van der Waals surface area (Å²) in [6.07, 6.45) is 2.26. The third kappa shape index (κ3) is 3.78. The van der Waals surface area contributed by atoms with Gasteiger partial charge in [-0.1, -0.05) is 31.2 Å². The Balaban J connectivity index is 2.14. The van der Waals surface area contributed by atoms with Crippen molar-refractivity contribution in [2.24, 2.45) is 0 Å². The van der Waals surface area contributed by atoms with Crippen LogP contribution in [0.2, 0.25) is 0 Å². The molecule has 0 aliphatic carbocycles. The number of hydrogen-bond acceptors (Lipinski definition) is 4. The molecule has 0 aliphatic heterocycles. The zero-order valence-electron chi connectivity index (χ0n) is 11.8. The maximum Gasteiger partial charge on any atom is 0.288 e. The Labute approximate surface area is 131 Å². The van der Waals surface area contributed by atoms with Gasteiger partial charge in [0.25, 0.3) is 5.69 Å². The first-order valence-electron chi connectivity index (χ1n) is 6.66. The molecule has 2 rings (SSSR count). The topological polar surface area (TPSA) is 68.1 Å². The van der Waals surface area contributed by atoms with E-state index in [1.54, 1.807) is 0 Å². The van der Waals surface area contributed by atoms with Crippen molar-refractivity contribution in [1.29, 1.82) is 0 Å². The number of nitrogens with one attached hydrogen (secondary N) is 1. The Hall–Kier alpha value is -1.95. The fraction of sp³-hybridized carbons (Fsp3) is 0.267. The summed E-state index contributed by atoms with van der Waals surface area (Å²) in [5.41, 5.74) is 2.40. The normalized spacial score (nSPS) is 12.0. The summed E-state index contributed by atoms with van der Waals surface area (Å²) >= 11 is 3.31. The lowest BCUT2D eigenvalue weighted by Crippen LogP contribution is -2.08. The van der Waals surface area contributed by atoms with Crippen LogP contribution in [0.3, 0.4) is 0 Å². The van der Waals surface area contributed by atoms with Crippen LogP contribution < -0.4 is 5.32 Å². The molecule has 21 heavy (non-hydrogen) atoms. The number of aromatic nitrogens is 1. The number of halogens is 1. The molecule has 0 spiro atoms. The molecule has 0 saturated carbocycles. The van der Waals surface area contributed by atoms with Crippen molar-refractivity contribution in [3.63, 3.8) is 0 Å². The molecule has 110 valence electrons. The molecule has 0 saturated heterocycles. The highest BCUT2D eigenvalue weighted by atomic mass is 79.9. The van der Waals surface area contributed by atoms with Gasteiger partial charge in [-0.25, -0.2) is 4.98 Å². The summed E-state index contributed by atoms with van der Waals surface area (Å²) in [6.45, 7) is 4.14. The summed E-state index contributed by atoms with van der Waals surface area (Å²) in [6, 6.07) is 9.87. The van der Waals surface area contributed by atoms with Gasteiger partial charge < -0.3 is 5.32 Å². The number of rotatable bonds is 5. The molecule has 1 unspecified atom stereocenters. The lowest BCUT2D eigenvalue weighted by Gasteiger charge is -2.16. The van der Waals surface area contributed by atoms with Gasteiger partial charge in [0.05, 0.1) is 9.40 Å². The van der Waals surface area contributed by atoms with Crippen molar-refractivity contribution in [3.8, 4) is 0 Å². The number of aryl methyl sites for hydroxylation is 1. The van der Waals surface area contributed by atoms with Gasteiger partial charge in [0, 0.05) is 12.1 Å². The number of pyridine rings is 1. The lowest BCUT2D eigenvalue weighted by atomic mass is 10.1. The Morgan fingerprint density at radius 1 is 1.38 bits per heavy atom. The molecule has 1 heterocycles. The van der Waals surface area contributed by atoms with Crippen LogP contribution in [0, 0.1) is 10.1 Å². The number of nitro groups is 1. The molecule has 2 aromatic rings. The molecule has 1 atom stereocenters. The van der Waals surface area contributed by atoms with E-state index in [-0.39, 0.29) is 11.7 Å². The van der Waals surface area contributed by atoms with Crippen molar-refractivity contribution < 1.29 is 4.92 Å². The monoisotopic (exact) mass is 349 g/mol. The van der Waals surface area contributed by atoms with Crippen molar-refractivity contribution >= 4 is 27.4 Å². The van der Waals surface area contributed by atoms with Crippen LogP contribution in [0.25, 0.3) is 0 Å². The number of anilines is 1. The van der Waals surface area contributed by atoms with Gasteiger partial charge in [-0.2, -0.15) is 0 Å². The van der Waals surface area contributed by atoms with Gasteiger partial charge in [-0.3, -0.25) is 10.1 Å². The fourth-order valence-electron chi connectivity index (χ4n) is 1.96. The number of nitrogens with zero attached hydrogens (tertiary/aromatic N) is 2. The van der Waals surface area contributed by atoms with Crippen LogP contribution in [-0.4, -0.2) is 9.91 Å². The third-order valence-electron chi connectivity index (χ3n) is 3.28. The highest BCUT2D eigenvalue weighted by Crippen LogP contribution is 2.27. The van der Waals surface area contributed by atoms with Gasteiger partial charge in [0.2, 0.25) is 0 Å². The zero-order chi connectivity index (χ0) is 15.4. The van der Waals surface area contributed by atoms with Crippen molar-refractivity contribution in [2.75, 3.05) is 5.32 Å². The molecule has 0 aliphatic rings. The number of hydrogen-bond donors (Lipinski definition) is 1. The Morgan fingerprint density at radius 2 is 2.05 bits per heavy atom. The second kappa shape index (κ2) is 6.67. The predicted octanol–water partition coefficient (Wildman–Crippen LogP) is 4.49. The molecule has 1 N–H and O–H groups in total. The van der Waals surface area contributed by atoms with E-state index in [0.29, 0.717) is 10.3 Å². The summed E-state index contributed by atoms with van der Waals surface area (Å²) in [4.78, 5) is 14.3. The van der Waals surface area contributed by atoms with Crippen LogP contribution in [0.15, 0.2) is 41.0 Å². The van der Waals surface area contributed by atoms with Gasteiger partial charge in [0.1, 0.15) is 12.0 Å². The Morgan fingerprint density at radius 3 is 2.57 bits per heavy atom. The highest BCUT2D eigenvalue weighted by molar-refractivity contribution is 9.10. The average molecular weight is 350 g/mol. The summed E-state index contributed by atoms with van der Waals surface area (Å²) in [7, 11) is 0. The van der Waals surface area contributed by atoms with Crippen LogP contribution >= 0.6 is 15.9 Å². The summed E-state index contributed by atoms with van der Waals surface area (Å²) in [5, 5.41) is 13.9. The highest BCUT2D eigenvalue weighted by Gasteiger charge is 2.13. The molecule has 6 heteroatoms. The lowest BCUT2D eigenvalue weighted by molar-refractivity contribution is -0.385. The van der Waals surface area contributed by atoms with Gasteiger partial charge in [0.15, 0.2) is 0 Å². The number of benzene rings is 1. The van der Waals surface area contributed by atoms with E-state index >= 15 is 0 Å². The van der Waals surface area contributed by atoms with Crippen molar-refractivity contribution in [1.82, 2.24) is 4.98 Å². The largest absolute Gasteiger partial charge is 0.363 e. The molecule has 1 aromatic carbocycles. The minimum Gasteiger partial charge on any atom is -0.363 e. The Kier molecular flexibility index (Phi) is 4.90. The molecule has 5 nitrogen and oxygen atoms in total. The van der Waals surface area contributed by atoms with E-state index in [1.165, 1.54) is 17.8 Å². The van der Waals surface area contributed by atoms with E-state index in [2.05, 4.69) is 57.4 Å². The minimum absolute atomic E-state index is 0.0348. The summed E-state index contributed by atoms with van der Waals surface area (Å²) < 4.78 is 0.578. The predicted molar refractivity (Wildman–Crippen MR) is 86.4 cm³/mol. The van der Waals surface area contributed by atoms with E-state index in [9.17, 15) is 10.1 Å². The van der Waals surface area contributed by atoms with E-state index in [4.69, 9.17) is 0 Å². The second-order valence-electron chi connectivity index (χ2n) is 4.74. The fourth-order valence-corrected chi connectivity index (χ4v) is 2.42. The van der Waals surface area contributed by atoms with Gasteiger partial charge >= 0.3 is 0 Å². The van der Waals surface area contributed by atoms with Crippen LogP contribution in [0.4, 0.5) is 11.5 Å². The first-order chi connectivity index (χ1) is 10.0. The molecular formula is C15H16BrN3O2. The first kappa shape index (κ1) is 15.4. The summed E-state index contributed by atoms with van der Waals surface area (Å²) in [5.74, 6) is 0.590. The standard InChI is InChI=1S/C15H16BrN3O2/c1-3-11-4-6-12(7-5-11)10(2)18-15-14(16)8-13(9-17-15)19(20)21/h4-10H,3H2,1-2H3,(H,17,18). The van der Waals surface area contributed by atoms with Crippen LogP contribution in [-0.2, 0) is 6.42 Å². The van der Waals surface area contributed by atoms with Crippen molar-refractivity contribution in [3.05, 3.63) is 62.2 Å². The van der Waals surface area contributed by atoms with Gasteiger partial charge in [-0.05, 0) is 40.4 Å². The van der Waals surface area contributed by atoms with E-state index in [0.717, 1.165) is 12.0 Å². The second-order valence-corrected chi connectivity index (χ2v) is 5.60. The van der Waals surface area contributed by atoms with Crippen molar-refractivity contribution in [2.45, 2.75) is 26.3 Å². The molecular weight excluding hydrogens is 334 g/mol. The van der Waals surface area contributed by atoms with E-state index < -0.39 is 4.92 Å². The molecule has 0 fully saturated rings. The zero-order valence-corrected chi connectivity index (χ0v) is 13.4. The maximum atomic E-state index is 10.7. The molecule has 0 radical (unpaired) electrons. The average Bonchev–Trinajstić information content (AvgIpc) is 2.49. The quantitative estimate of drug-likeness (QED) is 0.637.